The average molecular weight is 229 g/mol. The summed E-state index contributed by atoms with van der Waals surface area (Å²) in [4.78, 5) is 11.7. The summed E-state index contributed by atoms with van der Waals surface area (Å²) >= 11 is 0. The SMILES string of the molecule is O=C(CC[S+]1CCCC1)C1=COCOC1. The molecule has 3 nitrogen and oxygen atoms in total. The van der Waals surface area contributed by atoms with Gasteiger partial charge in [-0.3, -0.25) is 4.79 Å². The number of carbonyl (C=O) groups is 1. The van der Waals surface area contributed by atoms with Crippen LogP contribution >= 0.6 is 0 Å². The Bertz CT molecular complexity index is 257. The summed E-state index contributed by atoms with van der Waals surface area (Å²) in [5, 5.41) is 0. The molecule has 2 rings (SSSR count). The van der Waals surface area contributed by atoms with Crippen LogP contribution in [-0.2, 0) is 25.2 Å². The molecule has 0 bridgehead atoms. The van der Waals surface area contributed by atoms with Crippen LogP contribution in [-0.4, -0.2) is 36.4 Å². The number of hydrogen-bond donors (Lipinski definition) is 0. The number of hydrogen-bond acceptors (Lipinski definition) is 3. The lowest BCUT2D eigenvalue weighted by atomic mass is 10.1. The van der Waals surface area contributed by atoms with E-state index in [0.717, 1.165) is 5.75 Å². The minimum Gasteiger partial charge on any atom is -0.475 e. The lowest BCUT2D eigenvalue weighted by molar-refractivity contribution is -0.117. The molecule has 0 aromatic rings. The van der Waals surface area contributed by atoms with Crippen molar-refractivity contribution in [1.82, 2.24) is 0 Å². The first-order valence-electron chi connectivity index (χ1n) is 5.42. The molecular weight excluding hydrogens is 212 g/mol. The first-order chi connectivity index (χ1) is 7.36. The second kappa shape index (κ2) is 5.56. The molecule has 1 fully saturated rings. The molecule has 0 spiro atoms. The third-order valence-corrected chi connectivity index (χ3v) is 5.24. The molecule has 0 N–H and O–H groups in total. The molecule has 84 valence electrons. The summed E-state index contributed by atoms with van der Waals surface area (Å²) in [6, 6.07) is 0. The molecule has 4 heteroatoms. The molecule has 0 radical (unpaired) electrons. The fraction of sp³-hybridized carbons (Fsp3) is 0.727. The van der Waals surface area contributed by atoms with Crippen molar-refractivity contribution >= 4 is 16.7 Å². The Kier molecular flexibility index (Phi) is 4.09. The van der Waals surface area contributed by atoms with Gasteiger partial charge in [-0.15, -0.1) is 0 Å². The third-order valence-electron chi connectivity index (χ3n) is 2.73. The second-order valence-electron chi connectivity index (χ2n) is 3.88. The van der Waals surface area contributed by atoms with E-state index in [9.17, 15) is 4.79 Å². The Morgan fingerprint density at radius 2 is 2.20 bits per heavy atom. The quantitative estimate of drug-likeness (QED) is 0.681. The number of Topliss-reactive ketones (excluding diaryl/α,β-unsaturated/α-hetero) is 1. The first kappa shape index (κ1) is 11.0. The van der Waals surface area contributed by atoms with Gasteiger partial charge in [-0.25, -0.2) is 0 Å². The average Bonchev–Trinajstić information content (AvgIpc) is 2.80. The third kappa shape index (κ3) is 3.24. The van der Waals surface area contributed by atoms with E-state index in [1.807, 2.05) is 0 Å². The molecule has 2 aliphatic heterocycles. The highest BCUT2D eigenvalue weighted by molar-refractivity contribution is 7.97. The van der Waals surface area contributed by atoms with Crippen molar-refractivity contribution in [2.75, 3.05) is 30.7 Å². The van der Waals surface area contributed by atoms with Crippen LogP contribution in [0.4, 0.5) is 0 Å². The van der Waals surface area contributed by atoms with E-state index in [-0.39, 0.29) is 12.6 Å². The minimum absolute atomic E-state index is 0.203. The summed E-state index contributed by atoms with van der Waals surface area (Å²) in [7, 11) is 0.518. The van der Waals surface area contributed by atoms with Crippen LogP contribution in [0.5, 0.6) is 0 Å². The minimum atomic E-state index is 0.203. The highest BCUT2D eigenvalue weighted by Gasteiger charge is 2.25. The van der Waals surface area contributed by atoms with Gasteiger partial charge in [-0.2, -0.15) is 0 Å². The van der Waals surface area contributed by atoms with E-state index in [1.165, 1.54) is 24.3 Å². The lowest BCUT2D eigenvalue weighted by Gasteiger charge is -2.12. The highest BCUT2D eigenvalue weighted by atomic mass is 32.2. The molecule has 0 aromatic heterocycles. The Balaban J connectivity index is 1.73. The number of rotatable bonds is 4. The molecule has 0 aliphatic carbocycles. The predicted octanol–water partition coefficient (Wildman–Crippen LogP) is 1.25. The summed E-state index contributed by atoms with van der Waals surface area (Å²) in [6.45, 7) is 0.702. The summed E-state index contributed by atoms with van der Waals surface area (Å²) < 4.78 is 10.0. The van der Waals surface area contributed by atoms with Gasteiger partial charge < -0.3 is 9.47 Å². The molecule has 15 heavy (non-hydrogen) atoms. The normalized spacial score (nSPS) is 22.3. The van der Waals surface area contributed by atoms with Crippen LogP contribution in [0.3, 0.4) is 0 Å². The van der Waals surface area contributed by atoms with Gasteiger partial charge >= 0.3 is 0 Å². The fourth-order valence-electron chi connectivity index (χ4n) is 1.83. The molecule has 1 saturated heterocycles. The molecule has 0 saturated carbocycles. The number of ketones is 1. The Morgan fingerprint density at radius 3 is 2.87 bits per heavy atom. The van der Waals surface area contributed by atoms with Gasteiger partial charge in [0.1, 0.15) is 17.3 Å². The molecule has 2 heterocycles. The maximum absolute atomic E-state index is 11.7. The molecule has 0 atom stereocenters. The van der Waals surface area contributed by atoms with Crippen molar-refractivity contribution in [2.45, 2.75) is 19.3 Å². The van der Waals surface area contributed by atoms with Crippen molar-refractivity contribution in [3.05, 3.63) is 11.8 Å². The Hall–Kier alpha value is -0.480. The maximum Gasteiger partial charge on any atom is 0.188 e. The van der Waals surface area contributed by atoms with Crippen molar-refractivity contribution < 1.29 is 14.3 Å². The molecule has 0 amide bonds. The van der Waals surface area contributed by atoms with E-state index in [0.29, 0.717) is 29.5 Å². The number of carbonyl (C=O) groups excluding carboxylic acids is 1. The van der Waals surface area contributed by atoms with Crippen LogP contribution in [0.2, 0.25) is 0 Å². The topological polar surface area (TPSA) is 35.5 Å². The lowest BCUT2D eigenvalue weighted by Crippen LogP contribution is -2.19. The maximum atomic E-state index is 11.7. The molecule has 2 aliphatic rings. The van der Waals surface area contributed by atoms with Gasteiger partial charge in [0.05, 0.1) is 24.9 Å². The van der Waals surface area contributed by atoms with Crippen LogP contribution in [0.25, 0.3) is 0 Å². The summed E-state index contributed by atoms with van der Waals surface area (Å²) in [6.07, 6.45) is 4.93. The van der Waals surface area contributed by atoms with Gasteiger partial charge in [0.2, 0.25) is 0 Å². The van der Waals surface area contributed by atoms with Crippen LogP contribution in [0.15, 0.2) is 11.8 Å². The predicted molar refractivity (Wildman–Crippen MR) is 60.8 cm³/mol. The first-order valence-corrected chi connectivity index (χ1v) is 7.15. The van der Waals surface area contributed by atoms with Gasteiger partial charge in [0, 0.05) is 0 Å². The Labute approximate surface area is 93.2 Å². The number of ether oxygens (including phenoxy) is 2. The van der Waals surface area contributed by atoms with Crippen molar-refractivity contribution in [3.8, 4) is 0 Å². The zero-order chi connectivity index (χ0) is 10.5. The summed E-state index contributed by atoms with van der Waals surface area (Å²) in [5.74, 6) is 3.93. The molecule has 0 aromatic carbocycles. The zero-order valence-corrected chi connectivity index (χ0v) is 9.68. The largest absolute Gasteiger partial charge is 0.475 e. The van der Waals surface area contributed by atoms with Gasteiger partial charge in [-0.1, -0.05) is 0 Å². The van der Waals surface area contributed by atoms with E-state index in [2.05, 4.69) is 0 Å². The van der Waals surface area contributed by atoms with Crippen molar-refractivity contribution in [3.63, 3.8) is 0 Å². The van der Waals surface area contributed by atoms with Crippen LogP contribution in [0, 0.1) is 0 Å². The highest BCUT2D eigenvalue weighted by Crippen LogP contribution is 2.16. The Morgan fingerprint density at radius 1 is 1.40 bits per heavy atom. The molecular formula is C11H17O3S+. The standard InChI is InChI=1S/C11H17O3S/c12-11(10-7-13-9-14-8-10)3-6-15-4-1-2-5-15/h7H,1-6,8-9H2/q+1. The molecule has 0 unspecified atom stereocenters. The van der Waals surface area contributed by atoms with Gasteiger partial charge in [0.15, 0.2) is 12.6 Å². The second-order valence-corrected chi connectivity index (χ2v) is 6.33. The van der Waals surface area contributed by atoms with Gasteiger partial charge in [0.25, 0.3) is 0 Å². The van der Waals surface area contributed by atoms with E-state index < -0.39 is 0 Å². The van der Waals surface area contributed by atoms with Crippen LogP contribution in [0.1, 0.15) is 19.3 Å². The zero-order valence-electron chi connectivity index (χ0n) is 8.87. The summed E-state index contributed by atoms with van der Waals surface area (Å²) in [5.41, 5.74) is 0.698. The van der Waals surface area contributed by atoms with Crippen molar-refractivity contribution in [1.29, 1.82) is 0 Å². The smallest absolute Gasteiger partial charge is 0.188 e. The van der Waals surface area contributed by atoms with E-state index in [1.54, 1.807) is 6.26 Å². The van der Waals surface area contributed by atoms with Gasteiger partial charge in [-0.05, 0) is 23.7 Å². The monoisotopic (exact) mass is 229 g/mol. The van der Waals surface area contributed by atoms with Crippen LogP contribution < -0.4 is 0 Å². The van der Waals surface area contributed by atoms with Crippen molar-refractivity contribution in [2.24, 2.45) is 0 Å². The van der Waals surface area contributed by atoms with E-state index in [4.69, 9.17) is 9.47 Å². The fourth-order valence-corrected chi connectivity index (χ4v) is 4.14. The van der Waals surface area contributed by atoms with E-state index >= 15 is 0 Å².